The van der Waals surface area contributed by atoms with E-state index in [0.29, 0.717) is 17.7 Å². The van der Waals surface area contributed by atoms with Crippen molar-refractivity contribution in [1.29, 1.82) is 0 Å². The molecule has 1 aliphatic carbocycles. The van der Waals surface area contributed by atoms with Crippen LogP contribution in [0.4, 0.5) is 5.69 Å². The largest absolute Gasteiger partial charge is 0.339 e. The third-order valence-electron chi connectivity index (χ3n) is 4.20. The number of halogens is 2. The van der Waals surface area contributed by atoms with Gasteiger partial charge >= 0.3 is 0 Å². The van der Waals surface area contributed by atoms with Crippen LogP contribution in [0.2, 0.25) is 0 Å². The monoisotopic (exact) mass is 340 g/mol. The number of para-hydroxylation sites is 1. The summed E-state index contributed by atoms with van der Waals surface area (Å²) in [5, 5.41) is 2.79. The molecule has 118 valence electrons. The number of hydrogen-bond acceptors (Lipinski definition) is 2. The van der Waals surface area contributed by atoms with Crippen molar-refractivity contribution in [2.75, 3.05) is 18.4 Å². The molecule has 0 aromatic heterocycles. The molecule has 2 aliphatic rings. The Hall–Kier alpha value is -1.26. The van der Waals surface area contributed by atoms with E-state index in [1.165, 1.54) is 0 Å². The summed E-state index contributed by atoms with van der Waals surface area (Å²) in [5.41, 5.74) is 1.05. The number of carbonyl (C=O) groups is 2. The van der Waals surface area contributed by atoms with Crippen LogP contribution in [0.25, 0.3) is 0 Å². The van der Waals surface area contributed by atoms with Gasteiger partial charge in [-0.2, -0.15) is 0 Å². The molecule has 0 spiro atoms. The molecule has 1 heterocycles. The van der Waals surface area contributed by atoms with Gasteiger partial charge in [0.05, 0.1) is 17.2 Å². The van der Waals surface area contributed by atoms with E-state index in [2.05, 4.69) is 5.32 Å². The SMILES string of the molecule is O=C(Nc1ccccc1C(=O)N1CCCCC1)C1CC1(Cl)Cl. The zero-order chi connectivity index (χ0) is 15.7. The minimum atomic E-state index is -0.962. The van der Waals surface area contributed by atoms with Gasteiger partial charge in [-0.15, -0.1) is 23.2 Å². The summed E-state index contributed by atoms with van der Waals surface area (Å²) in [6.45, 7) is 1.55. The fraction of sp³-hybridized carbons (Fsp3) is 0.500. The molecule has 3 rings (SSSR count). The van der Waals surface area contributed by atoms with Crippen molar-refractivity contribution in [2.24, 2.45) is 5.92 Å². The highest BCUT2D eigenvalue weighted by atomic mass is 35.5. The van der Waals surface area contributed by atoms with Crippen molar-refractivity contribution in [3.63, 3.8) is 0 Å². The first kappa shape index (κ1) is 15.6. The number of rotatable bonds is 3. The van der Waals surface area contributed by atoms with Gasteiger partial charge in [0.1, 0.15) is 4.33 Å². The third-order valence-corrected chi connectivity index (χ3v) is 5.04. The Balaban J connectivity index is 1.75. The number of anilines is 1. The average molecular weight is 341 g/mol. The summed E-state index contributed by atoms with van der Waals surface area (Å²) in [6.07, 6.45) is 3.67. The Morgan fingerprint density at radius 3 is 2.41 bits per heavy atom. The van der Waals surface area contributed by atoms with Gasteiger partial charge < -0.3 is 10.2 Å². The predicted octanol–water partition coefficient (Wildman–Crippen LogP) is 3.45. The summed E-state index contributed by atoms with van der Waals surface area (Å²) in [4.78, 5) is 26.6. The van der Waals surface area contributed by atoms with Crippen LogP contribution < -0.4 is 5.32 Å². The highest BCUT2D eigenvalue weighted by Gasteiger charge is 2.56. The summed E-state index contributed by atoms with van der Waals surface area (Å²) in [6, 6.07) is 7.08. The zero-order valence-corrected chi connectivity index (χ0v) is 13.7. The average Bonchev–Trinajstić information content (AvgIpc) is 3.17. The Bertz CT molecular complexity index is 598. The first-order valence-corrected chi connectivity index (χ1v) is 8.31. The number of hydrogen-bond donors (Lipinski definition) is 1. The minimum absolute atomic E-state index is 0.0330. The molecule has 0 bridgehead atoms. The third kappa shape index (κ3) is 3.23. The van der Waals surface area contributed by atoms with Crippen molar-refractivity contribution < 1.29 is 9.59 Å². The van der Waals surface area contributed by atoms with E-state index in [1.807, 2.05) is 4.90 Å². The van der Waals surface area contributed by atoms with E-state index >= 15 is 0 Å². The van der Waals surface area contributed by atoms with Gasteiger partial charge in [-0.25, -0.2) is 0 Å². The summed E-state index contributed by atoms with van der Waals surface area (Å²) >= 11 is 11.8. The summed E-state index contributed by atoms with van der Waals surface area (Å²) < 4.78 is -0.962. The van der Waals surface area contributed by atoms with Crippen LogP contribution in [0.3, 0.4) is 0 Å². The van der Waals surface area contributed by atoms with Crippen molar-refractivity contribution in [3.05, 3.63) is 29.8 Å². The summed E-state index contributed by atoms with van der Waals surface area (Å²) in [5.74, 6) is -0.674. The Kier molecular flexibility index (Phi) is 4.33. The number of amides is 2. The molecule has 2 fully saturated rings. The van der Waals surface area contributed by atoms with E-state index in [-0.39, 0.29) is 11.8 Å². The lowest BCUT2D eigenvalue weighted by atomic mass is 10.1. The van der Waals surface area contributed by atoms with E-state index in [1.54, 1.807) is 24.3 Å². The second-order valence-corrected chi connectivity index (χ2v) is 7.45. The first-order chi connectivity index (χ1) is 10.5. The quantitative estimate of drug-likeness (QED) is 0.856. The van der Waals surface area contributed by atoms with E-state index in [4.69, 9.17) is 23.2 Å². The smallest absolute Gasteiger partial charge is 0.255 e. The predicted molar refractivity (Wildman–Crippen MR) is 87.4 cm³/mol. The van der Waals surface area contributed by atoms with Crippen LogP contribution in [-0.4, -0.2) is 34.1 Å². The van der Waals surface area contributed by atoms with Crippen molar-refractivity contribution in [1.82, 2.24) is 4.90 Å². The maximum atomic E-state index is 12.6. The number of carbonyl (C=O) groups excluding carboxylic acids is 2. The molecule has 1 unspecified atom stereocenters. The maximum Gasteiger partial charge on any atom is 0.255 e. The van der Waals surface area contributed by atoms with Crippen molar-refractivity contribution in [2.45, 2.75) is 30.0 Å². The van der Waals surface area contributed by atoms with Crippen molar-refractivity contribution in [3.8, 4) is 0 Å². The lowest BCUT2D eigenvalue weighted by Gasteiger charge is -2.27. The normalized spacial score (nSPS) is 23.0. The fourth-order valence-corrected chi connectivity index (χ4v) is 3.27. The van der Waals surface area contributed by atoms with Gasteiger partial charge in [0, 0.05) is 13.1 Å². The Labute approximate surface area is 139 Å². The minimum Gasteiger partial charge on any atom is -0.339 e. The molecule has 1 saturated carbocycles. The Morgan fingerprint density at radius 2 is 1.77 bits per heavy atom. The summed E-state index contributed by atoms with van der Waals surface area (Å²) in [7, 11) is 0. The molecule has 1 aromatic rings. The van der Waals surface area contributed by atoms with Gasteiger partial charge in [-0.05, 0) is 37.8 Å². The lowest BCUT2D eigenvalue weighted by molar-refractivity contribution is -0.117. The molecule has 6 heteroatoms. The molecule has 2 amide bonds. The second kappa shape index (κ2) is 6.09. The standard InChI is InChI=1S/C16H18Cl2N2O2/c17-16(18)10-12(16)14(21)19-13-7-3-2-6-11(13)15(22)20-8-4-1-5-9-20/h2-3,6-7,12H,1,4-5,8-10H2,(H,19,21). The van der Waals surface area contributed by atoms with Crippen LogP contribution in [0.15, 0.2) is 24.3 Å². The van der Waals surface area contributed by atoms with Crippen LogP contribution in [-0.2, 0) is 4.79 Å². The molecular formula is C16H18Cl2N2O2. The van der Waals surface area contributed by atoms with E-state index in [0.717, 1.165) is 32.4 Å². The number of piperidine rings is 1. The first-order valence-electron chi connectivity index (χ1n) is 7.56. The number of benzene rings is 1. The van der Waals surface area contributed by atoms with Gasteiger partial charge in [0.2, 0.25) is 5.91 Å². The topological polar surface area (TPSA) is 49.4 Å². The molecule has 1 aromatic carbocycles. The molecule has 4 nitrogen and oxygen atoms in total. The molecule has 0 radical (unpaired) electrons. The van der Waals surface area contributed by atoms with Crippen LogP contribution in [0.1, 0.15) is 36.0 Å². The molecule has 1 saturated heterocycles. The number of nitrogens with zero attached hydrogens (tertiary/aromatic N) is 1. The molecular weight excluding hydrogens is 323 g/mol. The molecule has 1 N–H and O–H groups in total. The lowest BCUT2D eigenvalue weighted by Crippen LogP contribution is -2.36. The molecule has 1 aliphatic heterocycles. The Morgan fingerprint density at radius 1 is 1.14 bits per heavy atom. The van der Waals surface area contributed by atoms with Gasteiger partial charge in [0.15, 0.2) is 0 Å². The van der Waals surface area contributed by atoms with Crippen LogP contribution in [0, 0.1) is 5.92 Å². The van der Waals surface area contributed by atoms with Gasteiger partial charge in [-0.1, -0.05) is 12.1 Å². The maximum absolute atomic E-state index is 12.6. The van der Waals surface area contributed by atoms with Gasteiger partial charge in [-0.3, -0.25) is 9.59 Å². The highest BCUT2D eigenvalue weighted by Crippen LogP contribution is 2.53. The fourth-order valence-electron chi connectivity index (χ4n) is 2.76. The second-order valence-electron chi connectivity index (χ2n) is 5.91. The molecule has 22 heavy (non-hydrogen) atoms. The van der Waals surface area contributed by atoms with Crippen LogP contribution >= 0.6 is 23.2 Å². The van der Waals surface area contributed by atoms with Gasteiger partial charge in [0.25, 0.3) is 5.91 Å². The highest BCUT2D eigenvalue weighted by molar-refractivity contribution is 6.52. The van der Waals surface area contributed by atoms with E-state index < -0.39 is 10.3 Å². The van der Waals surface area contributed by atoms with Crippen molar-refractivity contribution >= 4 is 40.7 Å². The number of likely N-dealkylation sites (tertiary alicyclic amines) is 1. The van der Waals surface area contributed by atoms with Crippen LogP contribution in [0.5, 0.6) is 0 Å². The number of nitrogens with one attached hydrogen (secondary N) is 1. The number of alkyl halides is 2. The van der Waals surface area contributed by atoms with E-state index in [9.17, 15) is 9.59 Å². The molecule has 1 atom stereocenters. The zero-order valence-electron chi connectivity index (χ0n) is 12.1.